The highest BCUT2D eigenvalue weighted by atomic mass is 19.1. The molecular formula is C20H20FN3O3. The van der Waals surface area contributed by atoms with Crippen molar-refractivity contribution in [1.82, 2.24) is 0 Å². The first-order valence-electron chi connectivity index (χ1n) is 8.73. The fourth-order valence-corrected chi connectivity index (χ4v) is 2.96. The summed E-state index contributed by atoms with van der Waals surface area (Å²) >= 11 is 0. The van der Waals surface area contributed by atoms with Crippen molar-refractivity contribution in [2.75, 3.05) is 22.1 Å². The van der Waals surface area contributed by atoms with Crippen LogP contribution in [0, 0.1) is 11.7 Å². The molecule has 1 saturated heterocycles. The molecule has 1 fully saturated rings. The highest BCUT2D eigenvalue weighted by molar-refractivity contribution is 6.03. The highest BCUT2D eigenvalue weighted by Gasteiger charge is 2.36. The van der Waals surface area contributed by atoms with Gasteiger partial charge in [0.2, 0.25) is 17.7 Å². The van der Waals surface area contributed by atoms with Gasteiger partial charge in [-0.1, -0.05) is 25.1 Å². The maximum atomic E-state index is 13.9. The number of carbonyl (C=O) groups is 3. The van der Waals surface area contributed by atoms with Crippen LogP contribution < -0.4 is 15.5 Å². The van der Waals surface area contributed by atoms with Crippen LogP contribution in [0.5, 0.6) is 0 Å². The summed E-state index contributed by atoms with van der Waals surface area (Å²) in [5, 5.41) is 5.48. The van der Waals surface area contributed by atoms with Gasteiger partial charge in [0.1, 0.15) is 5.82 Å². The number of nitrogens with zero attached hydrogens (tertiary/aromatic N) is 1. The number of benzene rings is 2. The lowest BCUT2D eigenvalue weighted by Gasteiger charge is -2.17. The molecule has 0 saturated carbocycles. The third-order valence-corrected chi connectivity index (χ3v) is 4.37. The predicted molar refractivity (Wildman–Crippen MR) is 101 cm³/mol. The van der Waals surface area contributed by atoms with Gasteiger partial charge in [0, 0.05) is 30.8 Å². The summed E-state index contributed by atoms with van der Waals surface area (Å²) in [7, 11) is 0. The monoisotopic (exact) mass is 369 g/mol. The van der Waals surface area contributed by atoms with E-state index in [0.29, 0.717) is 17.8 Å². The zero-order chi connectivity index (χ0) is 19.4. The molecule has 1 aliphatic rings. The molecule has 3 amide bonds. The average molecular weight is 369 g/mol. The summed E-state index contributed by atoms with van der Waals surface area (Å²) in [6.45, 7) is 1.87. The first-order valence-corrected chi connectivity index (χ1v) is 8.73. The Bertz CT molecular complexity index is 884. The Labute approximate surface area is 156 Å². The molecule has 1 unspecified atom stereocenters. The number of rotatable bonds is 5. The Morgan fingerprint density at radius 2 is 1.81 bits per heavy atom. The Morgan fingerprint density at radius 3 is 2.52 bits per heavy atom. The Hall–Kier alpha value is -3.22. The summed E-state index contributed by atoms with van der Waals surface area (Å²) in [5.41, 5.74) is 1.28. The highest BCUT2D eigenvalue weighted by Crippen LogP contribution is 2.28. The third kappa shape index (κ3) is 4.31. The van der Waals surface area contributed by atoms with E-state index in [1.54, 1.807) is 43.3 Å². The molecule has 0 bridgehead atoms. The van der Waals surface area contributed by atoms with Gasteiger partial charge in [-0.25, -0.2) is 4.39 Å². The van der Waals surface area contributed by atoms with Crippen molar-refractivity contribution in [1.29, 1.82) is 0 Å². The van der Waals surface area contributed by atoms with Crippen molar-refractivity contribution in [2.24, 2.45) is 5.92 Å². The van der Waals surface area contributed by atoms with Crippen molar-refractivity contribution in [3.63, 3.8) is 0 Å². The van der Waals surface area contributed by atoms with Gasteiger partial charge in [0.25, 0.3) is 0 Å². The molecule has 7 heteroatoms. The second kappa shape index (κ2) is 7.99. The van der Waals surface area contributed by atoms with Crippen molar-refractivity contribution < 1.29 is 18.8 Å². The van der Waals surface area contributed by atoms with E-state index in [0.717, 1.165) is 0 Å². The lowest BCUT2D eigenvalue weighted by atomic mass is 10.1. The minimum atomic E-state index is -0.578. The number of halogens is 1. The van der Waals surface area contributed by atoms with E-state index >= 15 is 0 Å². The molecule has 3 rings (SSSR count). The van der Waals surface area contributed by atoms with Crippen molar-refractivity contribution >= 4 is 34.8 Å². The first kappa shape index (κ1) is 18.6. The molecule has 2 aromatic rings. The van der Waals surface area contributed by atoms with Crippen molar-refractivity contribution in [2.45, 2.75) is 19.8 Å². The van der Waals surface area contributed by atoms with Gasteiger partial charge in [0.05, 0.1) is 11.6 Å². The van der Waals surface area contributed by atoms with E-state index in [1.807, 2.05) is 0 Å². The van der Waals surface area contributed by atoms with Crippen LogP contribution in [0.4, 0.5) is 21.5 Å². The number of para-hydroxylation sites is 1. The van der Waals surface area contributed by atoms with Crippen LogP contribution in [-0.4, -0.2) is 24.3 Å². The molecule has 2 aromatic carbocycles. The van der Waals surface area contributed by atoms with Gasteiger partial charge in [-0.2, -0.15) is 0 Å². The van der Waals surface area contributed by atoms with Gasteiger partial charge < -0.3 is 15.5 Å². The van der Waals surface area contributed by atoms with Gasteiger partial charge in [-0.05, 0) is 30.3 Å². The summed E-state index contributed by atoms with van der Waals surface area (Å²) in [4.78, 5) is 37.6. The largest absolute Gasteiger partial charge is 0.326 e. The minimum Gasteiger partial charge on any atom is -0.326 e. The molecule has 0 radical (unpaired) electrons. The normalized spacial score (nSPS) is 16.3. The van der Waals surface area contributed by atoms with Crippen LogP contribution in [-0.2, 0) is 14.4 Å². The van der Waals surface area contributed by atoms with Gasteiger partial charge in [-0.15, -0.1) is 0 Å². The molecule has 6 nitrogen and oxygen atoms in total. The molecule has 0 aliphatic carbocycles. The van der Waals surface area contributed by atoms with Crippen LogP contribution in [0.1, 0.15) is 19.8 Å². The van der Waals surface area contributed by atoms with E-state index in [-0.39, 0.29) is 36.4 Å². The molecular weight excluding hydrogens is 349 g/mol. The molecule has 0 aromatic heterocycles. The Balaban J connectivity index is 1.67. The van der Waals surface area contributed by atoms with Crippen LogP contribution >= 0.6 is 0 Å². The molecule has 0 spiro atoms. The molecule has 27 heavy (non-hydrogen) atoms. The number of hydrogen-bond donors (Lipinski definition) is 2. The van der Waals surface area contributed by atoms with E-state index in [9.17, 15) is 18.8 Å². The fourth-order valence-electron chi connectivity index (χ4n) is 2.96. The first-order chi connectivity index (χ1) is 13.0. The Kier molecular flexibility index (Phi) is 5.49. The maximum Gasteiger partial charge on any atom is 0.229 e. The number of carbonyl (C=O) groups excluding carboxylic acids is 3. The molecule has 2 N–H and O–H groups in total. The van der Waals surface area contributed by atoms with Crippen LogP contribution in [0.2, 0.25) is 0 Å². The smallest absolute Gasteiger partial charge is 0.229 e. The second-order valence-corrected chi connectivity index (χ2v) is 6.33. The van der Waals surface area contributed by atoms with Gasteiger partial charge in [-0.3, -0.25) is 14.4 Å². The second-order valence-electron chi connectivity index (χ2n) is 6.33. The fraction of sp³-hybridized carbons (Fsp3) is 0.250. The van der Waals surface area contributed by atoms with E-state index in [4.69, 9.17) is 0 Å². The maximum absolute atomic E-state index is 13.9. The molecule has 1 heterocycles. The summed E-state index contributed by atoms with van der Waals surface area (Å²) in [6, 6.07) is 12.8. The average Bonchev–Trinajstić information content (AvgIpc) is 3.04. The third-order valence-electron chi connectivity index (χ3n) is 4.37. The van der Waals surface area contributed by atoms with Crippen molar-refractivity contribution in [3.05, 3.63) is 54.3 Å². The number of amides is 3. The predicted octanol–water partition coefficient (Wildman–Crippen LogP) is 3.17. The van der Waals surface area contributed by atoms with E-state index in [1.165, 1.54) is 17.0 Å². The van der Waals surface area contributed by atoms with Gasteiger partial charge in [0.15, 0.2) is 0 Å². The van der Waals surface area contributed by atoms with E-state index in [2.05, 4.69) is 10.6 Å². The number of anilines is 3. The van der Waals surface area contributed by atoms with E-state index < -0.39 is 11.7 Å². The Morgan fingerprint density at radius 1 is 1.11 bits per heavy atom. The zero-order valence-electron chi connectivity index (χ0n) is 14.9. The summed E-state index contributed by atoms with van der Waals surface area (Å²) in [6.07, 6.45) is 0.374. The van der Waals surface area contributed by atoms with Gasteiger partial charge >= 0.3 is 0 Å². The van der Waals surface area contributed by atoms with Crippen LogP contribution in [0.15, 0.2) is 48.5 Å². The molecule has 1 atom stereocenters. The number of nitrogens with one attached hydrogen (secondary N) is 2. The lowest BCUT2D eigenvalue weighted by Crippen LogP contribution is -2.28. The quantitative estimate of drug-likeness (QED) is 0.850. The summed E-state index contributed by atoms with van der Waals surface area (Å²) < 4.78 is 13.9. The number of hydrogen-bond acceptors (Lipinski definition) is 3. The standard InChI is InChI=1S/C20H20FN3O3/c1-2-18(25)22-14-6-5-7-15(11-14)23-20(27)13-10-19(26)24(12-13)17-9-4-3-8-16(17)21/h3-9,11,13H,2,10,12H2,1H3,(H,22,25)(H,23,27). The lowest BCUT2D eigenvalue weighted by molar-refractivity contribution is -0.122. The van der Waals surface area contributed by atoms with Crippen molar-refractivity contribution in [3.8, 4) is 0 Å². The zero-order valence-corrected chi connectivity index (χ0v) is 14.9. The molecule has 140 valence electrons. The topological polar surface area (TPSA) is 78.5 Å². The minimum absolute atomic E-state index is 0.0203. The van der Waals surface area contributed by atoms with Crippen LogP contribution in [0.25, 0.3) is 0 Å². The SMILES string of the molecule is CCC(=O)Nc1cccc(NC(=O)C2CC(=O)N(c3ccccc3F)C2)c1. The van der Waals surface area contributed by atoms with Crippen LogP contribution in [0.3, 0.4) is 0 Å². The summed E-state index contributed by atoms with van der Waals surface area (Å²) in [5.74, 6) is -1.80. The molecule has 1 aliphatic heterocycles.